The Hall–Kier alpha value is -2.04. The van der Waals surface area contributed by atoms with Crippen LogP contribution >= 0.6 is 0 Å². The Morgan fingerprint density at radius 3 is 2.50 bits per heavy atom. The second-order valence-electron chi connectivity index (χ2n) is 2.76. The van der Waals surface area contributed by atoms with E-state index < -0.39 is 0 Å². The van der Waals surface area contributed by atoms with E-state index in [-0.39, 0.29) is 0 Å². The summed E-state index contributed by atoms with van der Waals surface area (Å²) in [5, 5.41) is 11.6. The van der Waals surface area contributed by atoms with Crippen molar-refractivity contribution < 1.29 is 0 Å². The Labute approximate surface area is 81.1 Å². The van der Waals surface area contributed by atoms with Crippen molar-refractivity contribution >= 4 is 5.71 Å². The van der Waals surface area contributed by atoms with Gasteiger partial charge in [0.15, 0.2) is 0 Å². The van der Waals surface area contributed by atoms with E-state index in [1.807, 2.05) is 19.1 Å². The largest absolute Gasteiger partial charge is 0.265 e. The van der Waals surface area contributed by atoms with Crippen molar-refractivity contribution in [3.8, 4) is 0 Å². The van der Waals surface area contributed by atoms with Gasteiger partial charge in [0.2, 0.25) is 0 Å². The molecule has 2 heterocycles. The van der Waals surface area contributed by atoms with Crippen molar-refractivity contribution in [1.29, 1.82) is 0 Å². The maximum absolute atomic E-state index is 4.27. The van der Waals surface area contributed by atoms with Gasteiger partial charge >= 0.3 is 0 Å². The van der Waals surface area contributed by atoms with Gasteiger partial charge in [0.25, 0.3) is 0 Å². The quantitative estimate of drug-likeness (QED) is 0.657. The average molecular weight is 187 g/mol. The summed E-state index contributed by atoms with van der Waals surface area (Å²) >= 11 is 0. The zero-order chi connectivity index (χ0) is 9.80. The molecule has 0 saturated carbocycles. The lowest BCUT2D eigenvalue weighted by atomic mass is 10.2. The Kier molecular flexibility index (Phi) is 2.31. The summed E-state index contributed by atoms with van der Waals surface area (Å²) in [6, 6.07) is 3.81. The molecule has 2 rings (SSSR count). The summed E-state index contributed by atoms with van der Waals surface area (Å²) < 4.78 is 1.57. The van der Waals surface area contributed by atoms with E-state index in [0.717, 1.165) is 11.3 Å². The van der Waals surface area contributed by atoms with Crippen molar-refractivity contribution in [1.82, 2.24) is 19.9 Å². The van der Waals surface area contributed by atoms with Crippen LogP contribution in [0.15, 0.2) is 42.3 Å². The highest BCUT2D eigenvalue weighted by molar-refractivity contribution is 5.98. The van der Waals surface area contributed by atoms with Gasteiger partial charge < -0.3 is 0 Å². The van der Waals surface area contributed by atoms with Crippen LogP contribution in [-0.4, -0.2) is 25.6 Å². The van der Waals surface area contributed by atoms with Crippen LogP contribution in [0.4, 0.5) is 0 Å². The lowest BCUT2D eigenvalue weighted by Crippen LogP contribution is -1.98. The third-order valence-electron chi connectivity index (χ3n) is 1.77. The minimum Gasteiger partial charge on any atom is -0.265 e. The summed E-state index contributed by atoms with van der Waals surface area (Å²) in [6.45, 7) is 1.93. The van der Waals surface area contributed by atoms with Crippen LogP contribution in [0, 0.1) is 0 Å². The minimum absolute atomic E-state index is 0.896. The first-order valence-corrected chi connectivity index (χ1v) is 4.17. The van der Waals surface area contributed by atoms with Gasteiger partial charge in [0, 0.05) is 18.0 Å². The second-order valence-corrected chi connectivity index (χ2v) is 2.76. The zero-order valence-corrected chi connectivity index (χ0v) is 7.70. The molecule has 0 bridgehead atoms. The van der Waals surface area contributed by atoms with Gasteiger partial charge in [-0.3, -0.25) is 4.98 Å². The molecule has 14 heavy (non-hydrogen) atoms. The lowest BCUT2D eigenvalue weighted by molar-refractivity contribution is 0.870. The monoisotopic (exact) mass is 187 g/mol. The van der Waals surface area contributed by atoms with E-state index in [1.54, 1.807) is 29.7 Å². The molecule has 2 aromatic rings. The molecule has 0 aliphatic carbocycles. The van der Waals surface area contributed by atoms with Crippen molar-refractivity contribution in [2.45, 2.75) is 6.92 Å². The van der Waals surface area contributed by atoms with Crippen molar-refractivity contribution in [2.75, 3.05) is 0 Å². The van der Waals surface area contributed by atoms with Gasteiger partial charge in [0.05, 0.1) is 5.71 Å². The maximum Gasteiger partial charge on any atom is 0.141 e. The Morgan fingerprint density at radius 2 is 1.86 bits per heavy atom. The molecular formula is C9H9N5. The molecule has 0 amide bonds. The van der Waals surface area contributed by atoms with Crippen molar-refractivity contribution in [3.63, 3.8) is 0 Å². The number of rotatable bonds is 2. The Bertz CT molecular complexity index is 418. The normalized spacial score (nSPS) is 11.6. The lowest BCUT2D eigenvalue weighted by Gasteiger charge is -1.98. The molecule has 0 aliphatic heterocycles. The fourth-order valence-corrected chi connectivity index (χ4v) is 1.07. The van der Waals surface area contributed by atoms with Crippen molar-refractivity contribution in [2.24, 2.45) is 5.10 Å². The number of nitrogens with zero attached hydrogens (tertiary/aromatic N) is 5. The van der Waals surface area contributed by atoms with E-state index in [1.165, 1.54) is 0 Å². The molecule has 0 N–H and O–H groups in total. The number of pyridine rings is 1. The fraction of sp³-hybridized carbons (Fsp3) is 0.111. The van der Waals surface area contributed by atoms with Crippen LogP contribution in [-0.2, 0) is 0 Å². The fourth-order valence-electron chi connectivity index (χ4n) is 1.07. The number of aromatic nitrogens is 4. The van der Waals surface area contributed by atoms with Gasteiger partial charge in [-0.15, -0.1) is 10.2 Å². The molecule has 0 aromatic carbocycles. The van der Waals surface area contributed by atoms with Crippen molar-refractivity contribution in [3.05, 3.63) is 42.7 Å². The molecule has 0 fully saturated rings. The Balaban J connectivity index is 2.29. The van der Waals surface area contributed by atoms with E-state index >= 15 is 0 Å². The number of hydrogen-bond donors (Lipinski definition) is 0. The summed E-state index contributed by atoms with van der Waals surface area (Å²) in [5.41, 5.74) is 1.93. The second kappa shape index (κ2) is 3.78. The highest BCUT2D eigenvalue weighted by Gasteiger charge is 1.95. The summed E-state index contributed by atoms with van der Waals surface area (Å²) in [5.74, 6) is 0. The SMILES string of the molecule is C/C(=N/n1cnnc1)c1ccncc1. The Morgan fingerprint density at radius 1 is 1.21 bits per heavy atom. The minimum atomic E-state index is 0.896. The molecule has 5 nitrogen and oxygen atoms in total. The van der Waals surface area contributed by atoms with E-state index in [4.69, 9.17) is 0 Å². The molecule has 0 atom stereocenters. The van der Waals surface area contributed by atoms with E-state index in [9.17, 15) is 0 Å². The predicted molar refractivity (Wildman–Crippen MR) is 51.9 cm³/mol. The molecule has 0 radical (unpaired) electrons. The molecule has 5 heteroatoms. The molecule has 0 aliphatic rings. The summed E-state index contributed by atoms with van der Waals surface area (Å²) in [7, 11) is 0. The third kappa shape index (κ3) is 1.82. The van der Waals surface area contributed by atoms with E-state index in [2.05, 4.69) is 20.3 Å². The van der Waals surface area contributed by atoms with Gasteiger partial charge in [-0.05, 0) is 19.1 Å². The predicted octanol–water partition coefficient (Wildman–Crippen LogP) is 0.945. The molecule has 0 unspecified atom stereocenters. The van der Waals surface area contributed by atoms with Crippen LogP contribution in [0.1, 0.15) is 12.5 Å². The maximum atomic E-state index is 4.27. The van der Waals surface area contributed by atoms with Gasteiger partial charge in [-0.2, -0.15) is 5.10 Å². The van der Waals surface area contributed by atoms with Crippen LogP contribution in [0.25, 0.3) is 0 Å². The molecule has 0 saturated heterocycles. The molecule has 2 aromatic heterocycles. The van der Waals surface area contributed by atoms with Crippen LogP contribution in [0.5, 0.6) is 0 Å². The summed E-state index contributed by atoms with van der Waals surface area (Å²) in [4.78, 5) is 3.94. The van der Waals surface area contributed by atoms with Gasteiger partial charge in [-0.25, -0.2) is 4.68 Å². The smallest absolute Gasteiger partial charge is 0.141 e. The van der Waals surface area contributed by atoms with Gasteiger partial charge in [-0.1, -0.05) is 0 Å². The van der Waals surface area contributed by atoms with E-state index in [0.29, 0.717) is 0 Å². The standard InChI is InChI=1S/C9H9N5/c1-8(9-2-4-10-5-3-9)13-14-6-11-12-7-14/h2-7H,1H3/b13-8-. The third-order valence-corrected chi connectivity index (χ3v) is 1.77. The average Bonchev–Trinajstić information content (AvgIpc) is 2.72. The van der Waals surface area contributed by atoms with Crippen LogP contribution in [0.2, 0.25) is 0 Å². The first kappa shape index (κ1) is 8.55. The molecule has 70 valence electrons. The highest BCUT2D eigenvalue weighted by atomic mass is 15.4. The topological polar surface area (TPSA) is 56.0 Å². The zero-order valence-electron chi connectivity index (χ0n) is 7.70. The van der Waals surface area contributed by atoms with Gasteiger partial charge in [0.1, 0.15) is 12.7 Å². The molecular weight excluding hydrogens is 178 g/mol. The van der Waals surface area contributed by atoms with Crippen LogP contribution < -0.4 is 0 Å². The summed E-state index contributed by atoms with van der Waals surface area (Å²) in [6.07, 6.45) is 6.57. The number of hydrogen-bond acceptors (Lipinski definition) is 4. The van der Waals surface area contributed by atoms with Crippen LogP contribution in [0.3, 0.4) is 0 Å². The molecule has 0 spiro atoms. The first-order chi connectivity index (χ1) is 6.86. The first-order valence-electron chi connectivity index (χ1n) is 4.17. The highest BCUT2D eigenvalue weighted by Crippen LogP contribution is 1.99.